The third-order valence-corrected chi connectivity index (χ3v) is 7.47. The summed E-state index contributed by atoms with van der Waals surface area (Å²) in [4.78, 5) is 28.1. The van der Waals surface area contributed by atoms with E-state index in [9.17, 15) is 9.59 Å². The number of cyclic esters (lactones) is 2. The summed E-state index contributed by atoms with van der Waals surface area (Å²) in [6, 6.07) is 10.5. The fourth-order valence-corrected chi connectivity index (χ4v) is 5.73. The first-order valence-corrected chi connectivity index (χ1v) is 12.7. The molecule has 2 atom stereocenters. The van der Waals surface area contributed by atoms with Gasteiger partial charge in [-0.3, -0.25) is 9.80 Å². The van der Waals surface area contributed by atoms with Gasteiger partial charge < -0.3 is 14.8 Å². The summed E-state index contributed by atoms with van der Waals surface area (Å²) >= 11 is 0. The summed E-state index contributed by atoms with van der Waals surface area (Å²) in [5.41, 5.74) is 7.98. The lowest BCUT2D eigenvalue weighted by atomic mass is 9.92. The van der Waals surface area contributed by atoms with Crippen molar-refractivity contribution in [3.63, 3.8) is 0 Å². The van der Waals surface area contributed by atoms with Crippen LogP contribution in [0.25, 0.3) is 5.69 Å². The van der Waals surface area contributed by atoms with Crippen molar-refractivity contribution in [1.82, 2.24) is 20.0 Å². The molecule has 0 spiro atoms. The number of nitrogens with one attached hydrogen (secondary N) is 1. The summed E-state index contributed by atoms with van der Waals surface area (Å²) in [5, 5.41) is 8.37. The van der Waals surface area contributed by atoms with E-state index in [2.05, 4.69) is 47.5 Å². The van der Waals surface area contributed by atoms with Crippen molar-refractivity contribution in [3.8, 4) is 5.69 Å². The SMILES string of the molecule is Cc1cc(N2CCOC2=O)cc(-n2cc(CN3C[C@@H](c4ccc5c(c4C)COC5=O)N[C@@H](C)C3)cn2)c1. The molecule has 1 aromatic heterocycles. The minimum Gasteiger partial charge on any atom is -0.457 e. The number of aromatic nitrogens is 2. The standard InChI is InChI=1S/C28H31N5O4/c1-17-8-21(32-6-7-36-28(32)35)10-22(9-17)33-14-20(11-29-33)13-31-12-18(2)30-26(15-31)23-4-5-24-25(19(23)3)16-37-27(24)34/h4-5,8-11,14,18,26,30H,6-7,12-13,15-16H2,1-3H3/t18-,26-/m0/s1. The van der Waals surface area contributed by atoms with Crippen molar-refractivity contribution < 1.29 is 19.1 Å². The van der Waals surface area contributed by atoms with E-state index in [1.807, 2.05) is 36.0 Å². The summed E-state index contributed by atoms with van der Waals surface area (Å²) < 4.78 is 12.2. The number of ether oxygens (including phenoxy) is 2. The smallest absolute Gasteiger partial charge is 0.414 e. The highest BCUT2D eigenvalue weighted by Gasteiger charge is 2.30. The van der Waals surface area contributed by atoms with Gasteiger partial charge in [0.2, 0.25) is 0 Å². The summed E-state index contributed by atoms with van der Waals surface area (Å²) in [7, 11) is 0. The Morgan fingerprint density at radius 2 is 1.92 bits per heavy atom. The zero-order valence-corrected chi connectivity index (χ0v) is 21.4. The summed E-state index contributed by atoms with van der Waals surface area (Å²) in [6.45, 7) is 10.2. The highest BCUT2D eigenvalue weighted by Crippen LogP contribution is 2.31. The van der Waals surface area contributed by atoms with E-state index in [1.54, 1.807) is 4.90 Å². The Bertz CT molecular complexity index is 1380. The molecule has 3 aliphatic rings. The van der Waals surface area contributed by atoms with E-state index in [0.29, 0.717) is 31.4 Å². The average Bonchev–Trinajstić information content (AvgIpc) is 3.59. The molecule has 4 heterocycles. The second kappa shape index (κ2) is 9.32. The zero-order valence-electron chi connectivity index (χ0n) is 21.4. The van der Waals surface area contributed by atoms with Crippen molar-refractivity contribution in [3.05, 3.63) is 76.1 Å². The number of hydrogen-bond acceptors (Lipinski definition) is 7. The summed E-state index contributed by atoms with van der Waals surface area (Å²) in [6.07, 6.45) is 3.67. The van der Waals surface area contributed by atoms with Crippen LogP contribution in [-0.4, -0.2) is 59.0 Å². The Morgan fingerprint density at radius 3 is 2.73 bits per heavy atom. The molecule has 1 N–H and O–H groups in total. The number of piperazine rings is 1. The molecule has 0 bridgehead atoms. The van der Waals surface area contributed by atoms with E-state index in [1.165, 1.54) is 5.56 Å². The highest BCUT2D eigenvalue weighted by atomic mass is 16.6. The first kappa shape index (κ1) is 23.7. The van der Waals surface area contributed by atoms with Crippen LogP contribution in [0.4, 0.5) is 10.5 Å². The van der Waals surface area contributed by atoms with Gasteiger partial charge in [0.15, 0.2) is 0 Å². The topological polar surface area (TPSA) is 88.9 Å². The van der Waals surface area contributed by atoms with Gasteiger partial charge in [-0.15, -0.1) is 0 Å². The number of rotatable bonds is 5. The maximum Gasteiger partial charge on any atom is 0.414 e. The fourth-order valence-electron chi connectivity index (χ4n) is 5.73. The number of carbonyl (C=O) groups excluding carboxylic acids is 2. The van der Waals surface area contributed by atoms with E-state index in [4.69, 9.17) is 9.47 Å². The minimum absolute atomic E-state index is 0.166. The first-order chi connectivity index (χ1) is 17.9. The molecule has 9 nitrogen and oxygen atoms in total. The normalized spacial score (nSPS) is 21.8. The lowest BCUT2D eigenvalue weighted by Crippen LogP contribution is -2.50. The van der Waals surface area contributed by atoms with Crippen LogP contribution in [-0.2, 0) is 22.6 Å². The van der Waals surface area contributed by atoms with Crippen LogP contribution >= 0.6 is 0 Å². The maximum atomic E-state index is 12.1. The van der Waals surface area contributed by atoms with E-state index < -0.39 is 0 Å². The van der Waals surface area contributed by atoms with Gasteiger partial charge in [-0.2, -0.15) is 5.10 Å². The third kappa shape index (κ3) is 4.49. The zero-order chi connectivity index (χ0) is 25.7. The number of fused-ring (bicyclic) bond motifs is 1. The van der Waals surface area contributed by atoms with Gasteiger partial charge in [0, 0.05) is 54.7 Å². The molecule has 37 heavy (non-hydrogen) atoms. The van der Waals surface area contributed by atoms with Gasteiger partial charge in [0.25, 0.3) is 0 Å². The fraction of sp³-hybridized carbons (Fsp3) is 0.393. The molecule has 0 unspecified atom stereocenters. The van der Waals surface area contributed by atoms with Crippen LogP contribution in [0.2, 0.25) is 0 Å². The Balaban J connectivity index is 1.19. The Hall–Kier alpha value is -3.69. The molecular weight excluding hydrogens is 470 g/mol. The second-order valence-electron chi connectivity index (χ2n) is 10.3. The molecule has 0 saturated carbocycles. The lowest BCUT2D eigenvalue weighted by Gasteiger charge is -2.38. The maximum absolute atomic E-state index is 12.1. The predicted octanol–water partition coefficient (Wildman–Crippen LogP) is 3.65. The Labute approximate surface area is 215 Å². The number of esters is 1. The molecule has 9 heteroatoms. The quantitative estimate of drug-likeness (QED) is 0.534. The van der Waals surface area contributed by atoms with Gasteiger partial charge in [0.1, 0.15) is 13.2 Å². The molecule has 0 aliphatic carbocycles. The van der Waals surface area contributed by atoms with Crippen LogP contribution in [0.5, 0.6) is 0 Å². The number of benzene rings is 2. The van der Waals surface area contributed by atoms with Crippen molar-refractivity contribution >= 4 is 17.7 Å². The first-order valence-electron chi connectivity index (χ1n) is 12.7. The number of carbonyl (C=O) groups is 2. The van der Waals surface area contributed by atoms with Crippen molar-refractivity contribution in [2.75, 3.05) is 31.1 Å². The van der Waals surface area contributed by atoms with Gasteiger partial charge in [0.05, 0.1) is 24.0 Å². The predicted molar refractivity (Wildman–Crippen MR) is 138 cm³/mol. The monoisotopic (exact) mass is 501 g/mol. The average molecular weight is 502 g/mol. The van der Waals surface area contributed by atoms with Crippen LogP contribution in [0.1, 0.15) is 51.1 Å². The highest BCUT2D eigenvalue weighted by molar-refractivity contribution is 5.94. The van der Waals surface area contributed by atoms with Crippen LogP contribution in [0.15, 0.2) is 42.7 Å². The van der Waals surface area contributed by atoms with Crippen LogP contribution < -0.4 is 10.2 Å². The van der Waals surface area contributed by atoms with Crippen molar-refractivity contribution in [1.29, 1.82) is 0 Å². The molecular formula is C28H31N5O4. The molecule has 2 saturated heterocycles. The van der Waals surface area contributed by atoms with E-state index >= 15 is 0 Å². The van der Waals surface area contributed by atoms with Gasteiger partial charge in [-0.25, -0.2) is 14.3 Å². The number of aryl methyl sites for hydroxylation is 1. The van der Waals surface area contributed by atoms with Gasteiger partial charge in [-0.05, 0) is 61.7 Å². The number of amides is 1. The largest absolute Gasteiger partial charge is 0.457 e. The number of nitrogens with zero attached hydrogens (tertiary/aromatic N) is 4. The Kier molecular flexibility index (Phi) is 5.97. The second-order valence-corrected chi connectivity index (χ2v) is 10.3. The third-order valence-electron chi connectivity index (χ3n) is 7.47. The number of hydrogen-bond donors (Lipinski definition) is 1. The molecule has 192 valence electrons. The van der Waals surface area contributed by atoms with E-state index in [0.717, 1.165) is 53.3 Å². The van der Waals surface area contributed by atoms with Gasteiger partial charge in [-0.1, -0.05) is 6.07 Å². The summed E-state index contributed by atoms with van der Waals surface area (Å²) in [5.74, 6) is -0.227. The molecule has 1 amide bonds. The van der Waals surface area contributed by atoms with Crippen LogP contribution in [0, 0.1) is 13.8 Å². The molecule has 2 fully saturated rings. The van der Waals surface area contributed by atoms with Crippen molar-refractivity contribution in [2.24, 2.45) is 0 Å². The minimum atomic E-state index is -0.308. The number of anilines is 1. The van der Waals surface area contributed by atoms with Crippen molar-refractivity contribution in [2.45, 2.75) is 46.0 Å². The van der Waals surface area contributed by atoms with Crippen LogP contribution in [0.3, 0.4) is 0 Å². The van der Waals surface area contributed by atoms with E-state index in [-0.39, 0.29) is 18.1 Å². The molecule has 2 aromatic carbocycles. The molecule has 3 aromatic rings. The Morgan fingerprint density at radius 1 is 1.08 bits per heavy atom. The lowest BCUT2D eigenvalue weighted by molar-refractivity contribution is 0.0535. The molecule has 0 radical (unpaired) electrons. The molecule has 3 aliphatic heterocycles. The van der Waals surface area contributed by atoms with Gasteiger partial charge >= 0.3 is 12.1 Å². The molecule has 6 rings (SSSR count).